The van der Waals surface area contributed by atoms with E-state index in [4.69, 9.17) is 16.3 Å². The number of rotatable bonds is 5. The Morgan fingerprint density at radius 3 is 2.66 bits per heavy atom. The molecule has 1 aliphatic heterocycles. The predicted octanol–water partition coefficient (Wildman–Crippen LogP) is 3.37. The highest BCUT2D eigenvalue weighted by atomic mass is 35.5. The minimum atomic E-state index is -0.165. The number of nitrogens with zero attached hydrogens (tertiary/aromatic N) is 6. The van der Waals surface area contributed by atoms with Crippen LogP contribution in [0.4, 0.5) is 5.95 Å². The second kappa shape index (κ2) is 8.93. The third-order valence-corrected chi connectivity index (χ3v) is 6.41. The number of anilines is 1. The van der Waals surface area contributed by atoms with E-state index >= 15 is 0 Å². The molecule has 3 aromatic heterocycles. The molecular weight excluding hydrogens is 448 g/mol. The van der Waals surface area contributed by atoms with Crippen molar-refractivity contribution < 1.29 is 4.74 Å². The van der Waals surface area contributed by atoms with Crippen LogP contribution in [-0.4, -0.2) is 50.5 Å². The highest BCUT2D eigenvalue weighted by molar-refractivity contribution is 7.98. The number of halogens is 1. The third-order valence-electron chi connectivity index (χ3n) is 5.23. The average molecular weight is 469 g/mol. The second-order valence-electron chi connectivity index (χ2n) is 7.50. The maximum absolute atomic E-state index is 12.5. The molecule has 1 aromatic carbocycles. The van der Waals surface area contributed by atoms with Crippen LogP contribution in [-0.2, 0) is 10.5 Å². The number of thioether (sulfide) groups is 1. The van der Waals surface area contributed by atoms with E-state index < -0.39 is 0 Å². The third kappa shape index (κ3) is 4.23. The standard InChI is InChI=1S/C22H21ClN6O2S/c1-15-2-5-18(6-3-15)29-21(27-8-10-31-11-9-27)25-26-22(29)32-14-17-12-20(30)28-13-16(23)4-7-19(28)24-17/h2-7,12-13H,8-11,14H2,1H3. The molecule has 0 N–H and O–H groups in total. The fourth-order valence-corrected chi connectivity index (χ4v) is 4.58. The number of benzene rings is 1. The number of hydrogen-bond donors (Lipinski definition) is 0. The summed E-state index contributed by atoms with van der Waals surface area (Å²) in [6, 6.07) is 13.3. The molecule has 0 aliphatic carbocycles. The van der Waals surface area contributed by atoms with Crippen LogP contribution in [0.25, 0.3) is 11.3 Å². The Labute approximate surface area is 193 Å². The highest BCUT2D eigenvalue weighted by Crippen LogP contribution is 2.29. The molecule has 1 saturated heterocycles. The minimum absolute atomic E-state index is 0.165. The zero-order chi connectivity index (χ0) is 22.1. The molecule has 0 bridgehead atoms. The normalized spacial score (nSPS) is 14.2. The number of morpholine rings is 1. The molecule has 0 spiro atoms. The van der Waals surface area contributed by atoms with Gasteiger partial charge in [0.1, 0.15) is 5.65 Å². The fraction of sp³-hybridized carbons (Fsp3) is 0.273. The molecule has 4 heterocycles. The van der Waals surface area contributed by atoms with Gasteiger partial charge in [0.2, 0.25) is 5.95 Å². The van der Waals surface area contributed by atoms with Gasteiger partial charge in [-0.25, -0.2) is 4.98 Å². The summed E-state index contributed by atoms with van der Waals surface area (Å²) < 4.78 is 9.00. The maximum Gasteiger partial charge on any atom is 0.258 e. The Kier molecular flexibility index (Phi) is 5.86. The van der Waals surface area contributed by atoms with Gasteiger partial charge in [-0.3, -0.25) is 13.8 Å². The first-order valence-corrected chi connectivity index (χ1v) is 11.6. The Morgan fingerprint density at radius 2 is 1.88 bits per heavy atom. The Bertz CT molecular complexity index is 1310. The van der Waals surface area contributed by atoms with Crippen LogP contribution in [0.1, 0.15) is 11.3 Å². The van der Waals surface area contributed by atoms with Crippen LogP contribution in [0, 0.1) is 6.92 Å². The van der Waals surface area contributed by atoms with Crippen LogP contribution in [0.3, 0.4) is 0 Å². The van der Waals surface area contributed by atoms with Crippen molar-refractivity contribution >= 4 is 35.0 Å². The van der Waals surface area contributed by atoms with Crippen molar-refractivity contribution in [3.8, 4) is 5.69 Å². The van der Waals surface area contributed by atoms with Crippen LogP contribution < -0.4 is 10.5 Å². The van der Waals surface area contributed by atoms with Crippen molar-refractivity contribution in [2.45, 2.75) is 17.8 Å². The molecule has 10 heteroatoms. The first-order chi connectivity index (χ1) is 15.6. The van der Waals surface area contributed by atoms with Crippen molar-refractivity contribution in [1.82, 2.24) is 24.1 Å². The van der Waals surface area contributed by atoms with Crippen LogP contribution in [0.15, 0.2) is 58.6 Å². The summed E-state index contributed by atoms with van der Waals surface area (Å²) in [5.41, 5.74) is 3.25. The Balaban J connectivity index is 1.47. The Hall–Kier alpha value is -2.88. The number of pyridine rings is 1. The summed E-state index contributed by atoms with van der Waals surface area (Å²) in [5, 5.41) is 10.2. The fourth-order valence-electron chi connectivity index (χ4n) is 3.58. The van der Waals surface area contributed by atoms with Crippen molar-refractivity contribution in [3.63, 3.8) is 0 Å². The lowest BCUT2D eigenvalue weighted by molar-refractivity contribution is 0.122. The first kappa shape index (κ1) is 21.0. The number of hydrogen-bond acceptors (Lipinski definition) is 7. The largest absolute Gasteiger partial charge is 0.378 e. The monoisotopic (exact) mass is 468 g/mol. The molecule has 0 radical (unpaired) electrons. The van der Waals surface area contributed by atoms with Gasteiger partial charge < -0.3 is 9.64 Å². The van der Waals surface area contributed by atoms with Gasteiger partial charge in [0.25, 0.3) is 5.56 Å². The zero-order valence-electron chi connectivity index (χ0n) is 17.4. The molecule has 1 fully saturated rings. The van der Waals surface area contributed by atoms with E-state index in [1.807, 2.05) is 0 Å². The summed E-state index contributed by atoms with van der Waals surface area (Å²) in [4.78, 5) is 19.3. The summed E-state index contributed by atoms with van der Waals surface area (Å²) in [7, 11) is 0. The quantitative estimate of drug-likeness (QED) is 0.415. The molecule has 0 amide bonds. The molecule has 0 saturated carbocycles. The number of fused-ring (bicyclic) bond motifs is 1. The molecular formula is C22H21ClN6O2S. The summed E-state index contributed by atoms with van der Waals surface area (Å²) in [5.74, 6) is 1.28. The maximum atomic E-state index is 12.5. The van der Waals surface area contributed by atoms with E-state index in [-0.39, 0.29) is 5.56 Å². The van der Waals surface area contributed by atoms with Gasteiger partial charge in [-0.2, -0.15) is 0 Å². The highest BCUT2D eigenvalue weighted by Gasteiger charge is 2.22. The molecule has 8 nitrogen and oxygen atoms in total. The van der Waals surface area contributed by atoms with Gasteiger partial charge in [-0.1, -0.05) is 41.1 Å². The van der Waals surface area contributed by atoms with E-state index in [2.05, 4.69) is 55.8 Å². The van der Waals surface area contributed by atoms with Crippen molar-refractivity contribution in [2.24, 2.45) is 0 Å². The van der Waals surface area contributed by atoms with Crippen LogP contribution >= 0.6 is 23.4 Å². The van der Waals surface area contributed by atoms with Crippen molar-refractivity contribution in [2.75, 3.05) is 31.2 Å². The first-order valence-electron chi connectivity index (χ1n) is 10.2. The van der Waals surface area contributed by atoms with Gasteiger partial charge >= 0.3 is 0 Å². The second-order valence-corrected chi connectivity index (χ2v) is 8.88. The van der Waals surface area contributed by atoms with Crippen LogP contribution in [0.2, 0.25) is 5.02 Å². The van der Waals surface area contributed by atoms with Gasteiger partial charge in [0.15, 0.2) is 5.16 Å². The lowest BCUT2D eigenvalue weighted by Crippen LogP contribution is -2.37. The molecule has 0 unspecified atom stereocenters. The van der Waals surface area contributed by atoms with E-state index in [0.717, 1.165) is 29.9 Å². The number of aromatic nitrogens is 5. The predicted molar refractivity (Wildman–Crippen MR) is 125 cm³/mol. The summed E-state index contributed by atoms with van der Waals surface area (Å²) in [6.45, 7) is 4.92. The molecule has 0 atom stereocenters. The average Bonchev–Trinajstić information content (AvgIpc) is 3.23. The number of ether oxygens (including phenoxy) is 1. The molecule has 164 valence electrons. The van der Waals surface area contributed by atoms with Crippen LogP contribution in [0.5, 0.6) is 0 Å². The lowest BCUT2D eigenvalue weighted by Gasteiger charge is -2.28. The Morgan fingerprint density at radius 1 is 1.09 bits per heavy atom. The summed E-state index contributed by atoms with van der Waals surface area (Å²) >= 11 is 7.50. The SMILES string of the molecule is Cc1ccc(-n2c(SCc3cc(=O)n4cc(Cl)ccc4n3)nnc2N2CCOCC2)cc1. The van der Waals surface area contributed by atoms with Gasteiger partial charge in [-0.15, -0.1) is 10.2 Å². The zero-order valence-corrected chi connectivity index (χ0v) is 19.0. The van der Waals surface area contributed by atoms with Gasteiger partial charge in [0.05, 0.1) is 29.6 Å². The van der Waals surface area contributed by atoms with Gasteiger partial charge in [-0.05, 0) is 31.2 Å². The van der Waals surface area contributed by atoms with E-state index in [1.54, 1.807) is 18.3 Å². The summed E-state index contributed by atoms with van der Waals surface area (Å²) in [6.07, 6.45) is 1.58. The van der Waals surface area contributed by atoms with E-state index in [1.165, 1.54) is 27.8 Å². The van der Waals surface area contributed by atoms with Gasteiger partial charge in [0, 0.05) is 31.1 Å². The lowest BCUT2D eigenvalue weighted by atomic mass is 10.2. The van der Waals surface area contributed by atoms with E-state index in [0.29, 0.717) is 35.3 Å². The van der Waals surface area contributed by atoms with Crippen molar-refractivity contribution in [1.29, 1.82) is 0 Å². The molecule has 5 rings (SSSR count). The van der Waals surface area contributed by atoms with E-state index in [9.17, 15) is 4.79 Å². The molecule has 32 heavy (non-hydrogen) atoms. The topological polar surface area (TPSA) is 77.5 Å². The van der Waals surface area contributed by atoms with Crippen molar-refractivity contribution in [3.05, 3.63) is 75.3 Å². The minimum Gasteiger partial charge on any atom is -0.378 e. The molecule has 4 aromatic rings. The number of aryl methyl sites for hydroxylation is 1. The molecule has 1 aliphatic rings. The smallest absolute Gasteiger partial charge is 0.258 e.